The lowest BCUT2D eigenvalue weighted by Crippen LogP contribution is -2.29. The zero-order chi connectivity index (χ0) is 16.8. The molecule has 5 heteroatoms. The highest BCUT2D eigenvalue weighted by Crippen LogP contribution is 2.24. The van der Waals surface area contributed by atoms with Gasteiger partial charge in [0.25, 0.3) is 0 Å². The molecule has 0 saturated carbocycles. The Kier molecular flexibility index (Phi) is 5.33. The van der Waals surface area contributed by atoms with Crippen LogP contribution in [0.2, 0.25) is 0 Å². The number of unbranched alkanes of at least 4 members (excludes halogenated alkanes) is 1. The number of anilines is 1. The van der Waals surface area contributed by atoms with Gasteiger partial charge in [-0.05, 0) is 30.8 Å². The largest absolute Gasteiger partial charge is 0.362 e. The molecule has 2 N–H and O–H groups in total. The fourth-order valence-corrected chi connectivity index (χ4v) is 2.62. The maximum Gasteiger partial charge on any atom is 0.171 e. The van der Waals surface area contributed by atoms with Crippen LogP contribution in [0.3, 0.4) is 0 Å². The number of hydrogen-bond donors (Lipinski definition) is 2. The van der Waals surface area contributed by atoms with Gasteiger partial charge in [0.2, 0.25) is 0 Å². The molecule has 0 saturated heterocycles. The molecule has 3 aromatic rings. The second-order valence-corrected chi connectivity index (χ2v) is 5.92. The van der Waals surface area contributed by atoms with Gasteiger partial charge in [0, 0.05) is 17.5 Å². The van der Waals surface area contributed by atoms with Crippen LogP contribution >= 0.6 is 12.2 Å². The molecule has 1 heterocycles. The Balaban J connectivity index is 1.94. The lowest BCUT2D eigenvalue weighted by Gasteiger charge is -2.13. The summed E-state index contributed by atoms with van der Waals surface area (Å²) in [7, 11) is 0. The highest BCUT2D eigenvalue weighted by atomic mass is 32.1. The summed E-state index contributed by atoms with van der Waals surface area (Å²) in [5, 5.41) is 7.98. The predicted molar refractivity (Wildman–Crippen MR) is 104 cm³/mol. The Morgan fingerprint density at radius 1 is 1.00 bits per heavy atom. The molecular formula is C19H20N4S. The lowest BCUT2D eigenvalue weighted by atomic mass is 10.2. The quantitative estimate of drug-likeness (QED) is 0.535. The second kappa shape index (κ2) is 7.84. The number of hydrogen-bond acceptors (Lipinski definition) is 3. The van der Waals surface area contributed by atoms with Crippen molar-refractivity contribution in [3.8, 4) is 11.4 Å². The molecule has 0 bridgehead atoms. The molecule has 0 radical (unpaired) electrons. The van der Waals surface area contributed by atoms with Crippen LogP contribution in [-0.2, 0) is 0 Å². The topological polar surface area (TPSA) is 49.8 Å². The molecule has 122 valence electrons. The standard InChI is InChI=1S/C19H20N4S/c1-2-3-13-20-19(24)23-18-15-11-7-8-12-16(15)21-17(22-18)14-9-5-4-6-10-14/h4-12H,2-3,13H2,1H3,(H2,20,21,22,23,24). The van der Waals surface area contributed by atoms with Crippen molar-refractivity contribution in [3.63, 3.8) is 0 Å². The minimum absolute atomic E-state index is 0.589. The Labute approximate surface area is 147 Å². The van der Waals surface area contributed by atoms with Crippen molar-refractivity contribution in [1.29, 1.82) is 0 Å². The average molecular weight is 336 g/mol. The summed E-state index contributed by atoms with van der Waals surface area (Å²) in [5.41, 5.74) is 1.88. The van der Waals surface area contributed by atoms with Crippen LogP contribution in [0.1, 0.15) is 19.8 Å². The highest BCUT2D eigenvalue weighted by molar-refractivity contribution is 7.80. The van der Waals surface area contributed by atoms with E-state index in [9.17, 15) is 0 Å². The van der Waals surface area contributed by atoms with Crippen molar-refractivity contribution in [2.24, 2.45) is 0 Å². The third-order valence-corrected chi connectivity index (χ3v) is 3.93. The zero-order valence-corrected chi connectivity index (χ0v) is 14.4. The molecule has 0 aliphatic heterocycles. The van der Waals surface area contributed by atoms with Crippen molar-refractivity contribution in [3.05, 3.63) is 54.6 Å². The van der Waals surface area contributed by atoms with Gasteiger partial charge in [0.1, 0.15) is 5.82 Å². The molecular weight excluding hydrogens is 316 g/mol. The average Bonchev–Trinajstić information content (AvgIpc) is 2.62. The first-order valence-electron chi connectivity index (χ1n) is 8.15. The number of benzene rings is 2. The minimum Gasteiger partial charge on any atom is -0.362 e. The van der Waals surface area contributed by atoms with Crippen molar-refractivity contribution < 1.29 is 0 Å². The number of nitrogens with zero attached hydrogens (tertiary/aromatic N) is 2. The third-order valence-electron chi connectivity index (χ3n) is 3.68. The Morgan fingerprint density at radius 3 is 2.54 bits per heavy atom. The molecule has 0 aliphatic carbocycles. The molecule has 0 atom stereocenters. The van der Waals surface area contributed by atoms with E-state index in [1.165, 1.54) is 0 Å². The summed E-state index contributed by atoms with van der Waals surface area (Å²) >= 11 is 5.39. The smallest absolute Gasteiger partial charge is 0.171 e. The predicted octanol–water partition coefficient (Wildman–Crippen LogP) is 4.38. The van der Waals surface area contributed by atoms with Crippen LogP contribution in [0.15, 0.2) is 54.6 Å². The van der Waals surface area contributed by atoms with Crippen LogP contribution in [0, 0.1) is 0 Å². The maximum absolute atomic E-state index is 5.39. The van der Waals surface area contributed by atoms with E-state index in [4.69, 9.17) is 12.2 Å². The fraction of sp³-hybridized carbons (Fsp3) is 0.211. The molecule has 0 amide bonds. The summed E-state index contributed by atoms with van der Waals surface area (Å²) in [6.45, 7) is 3.01. The number of thiocarbonyl (C=S) groups is 1. The first kappa shape index (κ1) is 16.3. The fourth-order valence-electron chi connectivity index (χ4n) is 2.42. The van der Waals surface area contributed by atoms with Crippen molar-refractivity contribution >= 4 is 34.1 Å². The van der Waals surface area contributed by atoms with E-state index in [0.717, 1.165) is 41.7 Å². The SMILES string of the molecule is CCCCNC(=S)Nc1nc(-c2ccccc2)nc2ccccc12. The van der Waals surface area contributed by atoms with Gasteiger partial charge in [-0.2, -0.15) is 0 Å². The Hall–Kier alpha value is -2.53. The van der Waals surface area contributed by atoms with Crippen LogP contribution in [0.25, 0.3) is 22.3 Å². The number of nitrogens with one attached hydrogen (secondary N) is 2. The van der Waals surface area contributed by atoms with Crippen molar-refractivity contribution in [2.75, 3.05) is 11.9 Å². The number of para-hydroxylation sites is 1. The molecule has 2 aromatic carbocycles. The van der Waals surface area contributed by atoms with E-state index < -0.39 is 0 Å². The maximum atomic E-state index is 5.39. The van der Waals surface area contributed by atoms with Crippen LogP contribution in [0.4, 0.5) is 5.82 Å². The van der Waals surface area contributed by atoms with Gasteiger partial charge in [0.15, 0.2) is 10.9 Å². The highest BCUT2D eigenvalue weighted by Gasteiger charge is 2.10. The van der Waals surface area contributed by atoms with Crippen LogP contribution in [-0.4, -0.2) is 21.6 Å². The van der Waals surface area contributed by atoms with Crippen molar-refractivity contribution in [2.45, 2.75) is 19.8 Å². The Bertz CT molecular complexity index is 833. The summed E-state index contributed by atoms with van der Waals surface area (Å²) in [6.07, 6.45) is 2.21. The number of rotatable bonds is 5. The van der Waals surface area contributed by atoms with Gasteiger partial charge < -0.3 is 10.6 Å². The molecule has 0 spiro atoms. The summed E-state index contributed by atoms with van der Waals surface area (Å²) in [4.78, 5) is 9.36. The van der Waals surface area contributed by atoms with Gasteiger partial charge in [0.05, 0.1) is 5.52 Å². The Morgan fingerprint density at radius 2 is 1.75 bits per heavy atom. The van der Waals surface area contributed by atoms with Crippen LogP contribution in [0.5, 0.6) is 0 Å². The lowest BCUT2D eigenvalue weighted by molar-refractivity contribution is 0.758. The second-order valence-electron chi connectivity index (χ2n) is 5.51. The van der Waals surface area contributed by atoms with E-state index in [1.54, 1.807) is 0 Å². The van der Waals surface area contributed by atoms with E-state index in [2.05, 4.69) is 27.5 Å². The van der Waals surface area contributed by atoms with E-state index in [1.807, 2.05) is 54.6 Å². The van der Waals surface area contributed by atoms with E-state index >= 15 is 0 Å². The zero-order valence-electron chi connectivity index (χ0n) is 13.6. The monoisotopic (exact) mass is 336 g/mol. The van der Waals surface area contributed by atoms with Gasteiger partial charge >= 0.3 is 0 Å². The number of aromatic nitrogens is 2. The molecule has 4 nitrogen and oxygen atoms in total. The third kappa shape index (κ3) is 3.86. The summed E-state index contributed by atoms with van der Waals surface area (Å²) < 4.78 is 0. The van der Waals surface area contributed by atoms with Crippen LogP contribution < -0.4 is 10.6 Å². The molecule has 24 heavy (non-hydrogen) atoms. The molecule has 0 fully saturated rings. The summed E-state index contributed by atoms with van der Waals surface area (Å²) in [6, 6.07) is 17.9. The normalized spacial score (nSPS) is 10.5. The van der Waals surface area contributed by atoms with Gasteiger partial charge in [-0.1, -0.05) is 55.8 Å². The molecule has 3 rings (SSSR count). The molecule has 0 aliphatic rings. The summed E-state index contributed by atoms with van der Waals surface area (Å²) in [5.74, 6) is 1.42. The first-order chi connectivity index (χ1) is 11.8. The molecule has 0 unspecified atom stereocenters. The van der Waals surface area contributed by atoms with E-state index in [0.29, 0.717) is 10.9 Å². The van der Waals surface area contributed by atoms with Gasteiger partial charge in [-0.25, -0.2) is 9.97 Å². The van der Waals surface area contributed by atoms with Gasteiger partial charge in [-0.3, -0.25) is 0 Å². The molecule has 1 aromatic heterocycles. The van der Waals surface area contributed by atoms with E-state index in [-0.39, 0.29) is 0 Å². The van der Waals surface area contributed by atoms with Gasteiger partial charge in [-0.15, -0.1) is 0 Å². The van der Waals surface area contributed by atoms with Crippen molar-refractivity contribution in [1.82, 2.24) is 15.3 Å². The first-order valence-corrected chi connectivity index (χ1v) is 8.56. The number of fused-ring (bicyclic) bond motifs is 1. The minimum atomic E-state index is 0.589.